The van der Waals surface area contributed by atoms with Gasteiger partial charge >= 0.3 is 12.1 Å². The molecule has 0 radical (unpaired) electrons. The van der Waals surface area contributed by atoms with Crippen molar-refractivity contribution in [3.05, 3.63) is 89.5 Å². The summed E-state index contributed by atoms with van der Waals surface area (Å²) in [6, 6.07) is 22.6. The van der Waals surface area contributed by atoms with E-state index in [1.165, 1.54) is 4.90 Å². The van der Waals surface area contributed by atoms with Gasteiger partial charge < -0.3 is 9.84 Å². The van der Waals surface area contributed by atoms with Crippen LogP contribution in [0.3, 0.4) is 0 Å². The number of nitrogens with zero attached hydrogens (tertiary/aromatic N) is 1. The van der Waals surface area contributed by atoms with Crippen LogP contribution in [-0.2, 0) is 14.9 Å². The normalized spacial score (nSPS) is 18.3. The van der Waals surface area contributed by atoms with E-state index in [2.05, 4.69) is 24.3 Å². The highest BCUT2D eigenvalue weighted by molar-refractivity contribution is 6.00. The lowest BCUT2D eigenvalue weighted by Crippen LogP contribution is -2.50. The van der Waals surface area contributed by atoms with Crippen molar-refractivity contribution >= 4 is 17.7 Å². The Kier molecular flexibility index (Phi) is 4.36. The molecule has 1 aliphatic carbocycles. The highest BCUT2D eigenvalue weighted by atomic mass is 16.6. The molecule has 3 aromatic rings. The summed E-state index contributed by atoms with van der Waals surface area (Å²) in [5, 5.41) is 9.93. The highest BCUT2D eigenvalue weighted by Gasteiger charge is 2.52. The fraction of sp³-hybridized carbons (Fsp3) is 0.231. The van der Waals surface area contributed by atoms with Gasteiger partial charge in [0.2, 0.25) is 0 Å². The molecule has 2 aliphatic rings. The van der Waals surface area contributed by atoms with Crippen molar-refractivity contribution in [1.82, 2.24) is 0 Å². The van der Waals surface area contributed by atoms with E-state index in [0.717, 1.165) is 27.8 Å². The largest absolute Gasteiger partial charge is 0.480 e. The van der Waals surface area contributed by atoms with Crippen LogP contribution in [0.5, 0.6) is 0 Å². The molecule has 5 nitrogen and oxygen atoms in total. The van der Waals surface area contributed by atoms with E-state index >= 15 is 0 Å². The van der Waals surface area contributed by atoms with Crippen LogP contribution in [0.4, 0.5) is 10.5 Å². The molecule has 1 N–H and O–H groups in total. The van der Waals surface area contributed by atoms with E-state index < -0.39 is 23.5 Å². The molecule has 1 unspecified atom stereocenters. The number of carboxylic acid groups (broad SMARTS) is 1. The van der Waals surface area contributed by atoms with Crippen molar-refractivity contribution < 1.29 is 19.4 Å². The number of ether oxygens (including phenoxy) is 1. The van der Waals surface area contributed by atoms with Crippen molar-refractivity contribution in [1.29, 1.82) is 0 Å². The Balaban J connectivity index is 1.46. The van der Waals surface area contributed by atoms with Crippen LogP contribution in [-0.4, -0.2) is 29.8 Å². The summed E-state index contributed by atoms with van der Waals surface area (Å²) in [7, 11) is 0. The molecule has 0 aromatic heterocycles. The molecule has 1 heterocycles. The lowest BCUT2D eigenvalue weighted by Gasteiger charge is -2.29. The first kappa shape index (κ1) is 19.4. The summed E-state index contributed by atoms with van der Waals surface area (Å²) < 4.78 is 5.78. The summed E-state index contributed by atoms with van der Waals surface area (Å²) in [6.45, 7) is 3.85. The third kappa shape index (κ3) is 2.84. The van der Waals surface area contributed by atoms with Gasteiger partial charge in [0.15, 0.2) is 0 Å². The van der Waals surface area contributed by atoms with Crippen molar-refractivity contribution in [3.63, 3.8) is 0 Å². The lowest BCUT2D eigenvalue weighted by molar-refractivity contribution is -0.139. The van der Waals surface area contributed by atoms with Gasteiger partial charge in [-0.15, -0.1) is 0 Å². The Bertz CT molecular complexity index is 1150. The number of rotatable bonds is 3. The molecule has 156 valence electrons. The number of benzene rings is 3. The molecule has 0 spiro atoms. The number of amides is 1. The maximum absolute atomic E-state index is 13.2. The molecule has 0 saturated heterocycles. The third-order valence-corrected chi connectivity index (χ3v) is 6.57. The van der Waals surface area contributed by atoms with Gasteiger partial charge in [0.1, 0.15) is 12.6 Å². The maximum Gasteiger partial charge on any atom is 0.415 e. The second kappa shape index (κ2) is 6.98. The molecule has 5 rings (SSSR count). The minimum Gasteiger partial charge on any atom is -0.480 e. The smallest absolute Gasteiger partial charge is 0.415 e. The van der Waals surface area contributed by atoms with Gasteiger partial charge in [0, 0.05) is 11.3 Å². The summed E-state index contributed by atoms with van der Waals surface area (Å²) in [4.78, 5) is 26.7. The number of carboxylic acids is 1. The minimum absolute atomic E-state index is 0.0783. The molecule has 1 atom stereocenters. The zero-order chi connectivity index (χ0) is 21.8. The maximum atomic E-state index is 13.2. The summed E-state index contributed by atoms with van der Waals surface area (Å²) in [6.07, 6.45) is -0.632. The van der Waals surface area contributed by atoms with Crippen molar-refractivity contribution in [2.24, 2.45) is 0 Å². The van der Waals surface area contributed by atoms with Gasteiger partial charge in [-0.25, -0.2) is 9.59 Å². The van der Waals surface area contributed by atoms with Gasteiger partial charge in [0.05, 0.1) is 5.69 Å². The average molecular weight is 413 g/mol. The van der Waals surface area contributed by atoms with Gasteiger partial charge in [0.25, 0.3) is 0 Å². The zero-order valence-corrected chi connectivity index (χ0v) is 17.4. The first-order valence-electron chi connectivity index (χ1n) is 10.4. The van der Waals surface area contributed by atoms with Crippen LogP contribution in [0.2, 0.25) is 0 Å². The molecule has 0 bridgehead atoms. The zero-order valence-electron chi connectivity index (χ0n) is 17.4. The predicted molar refractivity (Wildman–Crippen MR) is 118 cm³/mol. The third-order valence-electron chi connectivity index (χ3n) is 6.57. The standard InChI is InChI=1S/C26H23NO4/c1-26(2)21-13-7-8-14-22(21)27(23(26)24(28)29)25(30)31-15-20-18-11-5-3-9-16(18)17-10-4-6-12-19(17)20/h3-14,20,23H,15H2,1-2H3,(H,28,29). The van der Waals surface area contributed by atoms with Crippen molar-refractivity contribution in [2.75, 3.05) is 11.5 Å². The van der Waals surface area contributed by atoms with Crippen molar-refractivity contribution in [3.8, 4) is 11.1 Å². The fourth-order valence-corrected chi connectivity index (χ4v) is 5.12. The molecule has 1 aliphatic heterocycles. The quantitative estimate of drug-likeness (QED) is 0.642. The van der Waals surface area contributed by atoms with E-state index in [-0.39, 0.29) is 12.5 Å². The number of hydrogen-bond donors (Lipinski definition) is 1. The Labute approximate surface area is 180 Å². The summed E-state index contributed by atoms with van der Waals surface area (Å²) in [5.74, 6) is -1.12. The molecular weight excluding hydrogens is 390 g/mol. The minimum atomic E-state index is -1.05. The van der Waals surface area contributed by atoms with Crippen LogP contribution >= 0.6 is 0 Å². The Hall–Kier alpha value is -3.60. The summed E-state index contributed by atoms with van der Waals surface area (Å²) >= 11 is 0. The number of carbonyl (C=O) groups excluding carboxylic acids is 1. The number of fused-ring (bicyclic) bond motifs is 4. The van der Waals surface area contributed by atoms with Gasteiger partial charge in [-0.3, -0.25) is 4.90 Å². The molecule has 31 heavy (non-hydrogen) atoms. The van der Waals surface area contributed by atoms with E-state index in [9.17, 15) is 14.7 Å². The van der Waals surface area contributed by atoms with Crippen molar-refractivity contribution in [2.45, 2.75) is 31.2 Å². The van der Waals surface area contributed by atoms with Gasteiger partial charge in [-0.2, -0.15) is 0 Å². The highest BCUT2D eigenvalue weighted by Crippen LogP contribution is 2.47. The summed E-state index contributed by atoms with van der Waals surface area (Å²) in [5.41, 5.74) is 5.23. The Morgan fingerprint density at radius 3 is 2.06 bits per heavy atom. The van der Waals surface area contributed by atoms with E-state index in [1.807, 2.05) is 56.3 Å². The fourth-order valence-electron chi connectivity index (χ4n) is 5.12. The number of anilines is 1. The second-order valence-corrected chi connectivity index (χ2v) is 8.65. The second-order valence-electron chi connectivity index (χ2n) is 8.65. The Morgan fingerprint density at radius 2 is 1.45 bits per heavy atom. The molecule has 1 amide bonds. The van der Waals surface area contributed by atoms with Crippen LogP contribution < -0.4 is 4.90 Å². The van der Waals surface area contributed by atoms with E-state index in [0.29, 0.717) is 5.69 Å². The number of aliphatic carboxylic acids is 1. The van der Waals surface area contributed by atoms with E-state index in [1.54, 1.807) is 6.07 Å². The molecular formula is C26H23NO4. The van der Waals surface area contributed by atoms with E-state index in [4.69, 9.17) is 4.74 Å². The van der Waals surface area contributed by atoms with Gasteiger partial charge in [-0.05, 0) is 33.9 Å². The number of carbonyl (C=O) groups is 2. The monoisotopic (exact) mass is 413 g/mol. The lowest BCUT2D eigenvalue weighted by atomic mass is 9.80. The first-order valence-corrected chi connectivity index (χ1v) is 10.4. The average Bonchev–Trinajstić information content (AvgIpc) is 3.21. The topological polar surface area (TPSA) is 66.8 Å². The van der Waals surface area contributed by atoms with Crippen LogP contribution in [0.25, 0.3) is 11.1 Å². The number of para-hydroxylation sites is 1. The molecule has 0 saturated carbocycles. The van der Waals surface area contributed by atoms with Gasteiger partial charge in [-0.1, -0.05) is 80.6 Å². The first-order chi connectivity index (χ1) is 14.9. The molecule has 0 fully saturated rings. The number of hydrogen-bond acceptors (Lipinski definition) is 3. The molecule has 3 aromatic carbocycles. The van der Waals surface area contributed by atoms with Crippen LogP contribution in [0.1, 0.15) is 36.5 Å². The predicted octanol–water partition coefficient (Wildman–Crippen LogP) is 5.19. The Morgan fingerprint density at radius 1 is 0.903 bits per heavy atom. The molecule has 5 heteroatoms. The van der Waals surface area contributed by atoms with Crippen LogP contribution in [0.15, 0.2) is 72.8 Å². The SMILES string of the molecule is CC1(C)c2ccccc2N(C(=O)OCC2c3ccccc3-c3ccccc32)C1C(=O)O. The van der Waals surface area contributed by atoms with Crippen LogP contribution in [0, 0.1) is 0 Å².